The maximum absolute atomic E-state index is 12.7. The Balaban J connectivity index is 0.00000225. The van der Waals surface area contributed by atoms with Gasteiger partial charge in [0, 0.05) is 12.1 Å². The van der Waals surface area contributed by atoms with E-state index in [0.29, 0.717) is 45.1 Å². The second-order valence-electron chi connectivity index (χ2n) is 5.98. The molecule has 1 unspecified atom stereocenters. The van der Waals surface area contributed by atoms with E-state index in [1.165, 1.54) is 0 Å². The summed E-state index contributed by atoms with van der Waals surface area (Å²) in [6, 6.07) is 5.17. The number of halogens is 3. The van der Waals surface area contributed by atoms with Crippen molar-refractivity contribution in [3.63, 3.8) is 0 Å². The number of nitrogens with one attached hydrogen (secondary N) is 2. The molecule has 25 heavy (non-hydrogen) atoms. The number of benzene rings is 1. The summed E-state index contributed by atoms with van der Waals surface area (Å²) in [6.45, 7) is 4.29. The van der Waals surface area contributed by atoms with Crippen LogP contribution >= 0.6 is 35.6 Å². The predicted octanol–water partition coefficient (Wildman–Crippen LogP) is 4.11. The third-order valence-corrected chi connectivity index (χ3v) is 4.87. The highest BCUT2D eigenvalue weighted by Crippen LogP contribution is 2.36. The lowest BCUT2D eigenvalue weighted by atomic mass is 9.99. The zero-order chi connectivity index (χ0) is 17.1. The summed E-state index contributed by atoms with van der Waals surface area (Å²) in [4.78, 5) is 12.7. The molecule has 0 saturated carbocycles. The minimum atomic E-state index is -0.217. The highest BCUT2D eigenvalue weighted by molar-refractivity contribution is 6.39. The summed E-state index contributed by atoms with van der Waals surface area (Å²) in [5.41, 5.74) is 1.28. The minimum Gasteiger partial charge on any atom is -0.360 e. The van der Waals surface area contributed by atoms with Crippen LogP contribution < -0.4 is 10.6 Å². The molecule has 0 radical (unpaired) electrons. The molecule has 1 saturated heterocycles. The molecule has 2 heterocycles. The fourth-order valence-electron chi connectivity index (χ4n) is 2.96. The van der Waals surface area contributed by atoms with Crippen molar-refractivity contribution in [2.75, 3.05) is 19.6 Å². The Morgan fingerprint density at radius 3 is 2.76 bits per heavy atom. The zero-order valence-corrected chi connectivity index (χ0v) is 16.1. The van der Waals surface area contributed by atoms with Crippen molar-refractivity contribution in [2.24, 2.45) is 5.92 Å². The van der Waals surface area contributed by atoms with Crippen LogP contribution in [0.2, 0.25) is 10.0 Å². The number of hydrogen-bond acceptors (Lipinski definition) is 4. The van der Waals surface area contributed by atoms with Gasteiger partial charge in [0.1, 0.15) is 17.0 Å². The van der Waals surface area contributed by atoms with E-state index in [9.17, 15) is 4.79 Å². The fourth-order valence-corrected chi connectivity index (χ4v) is 3.53. The van der Waals surface area contributed by atoms with Crippen LogP contribution in [0.25, 0.3) is 11.3 Å². The molecule has 0 spiro atoms. The van der Waals surface area contributed by atoms with Gasteiger partial charge in [-0.2, -0.15) is 0 Å². The highest BCUT2D eigenvalue weighted by atomic mass is 35.5. The molecule has 1 aliphatic rings. The van der Waals surface area contributed by atoms with E-state index in [1.807, 2.05) is 0 Å². The van der Waals surface area contributed by atoms with Crippen molar-refractivity contribution in [1.29, 1.82) is 0 Å². The number of hydrogen-bond donors (Lipinski definition) is 2. The molecule has 3 rings (SSSR count). The van der Waals surface area contributed by atoms with E-state index < -0.39 is 0 Å². The Morgan fingerprint density at radius 2 is 2.12 bits per heavy atom. The number of carbonyl (C=O) groups is 1. The van der Waals surface area contributed by atoms with Gasteiger partial charge in [-0.25, -0.2) is 0 Å². The van der Waals surface area contributed by atoms with Crippen molar-refractivity contribution in [3.05, 3.63) is 39.6 Å². The van der Waals surface area contributed by atoms with E-state index in [0.717, 1.165) is 25.9 Å². The Bertz CT molecular complexity index is 722. The van der Waals surface area contributed by atoms with Gasteiger partial charge in [0.2, 0.25) is 0 Å². The predicted molar refractivity (Wildman–Crippen MR) is 102 cm³/mol. The quantitative estimate of drug-likeness (QED) is 0.805. The van der Waals surface area contributed by atoms with Crippen molar-refractivity contribution < 1.29 is 9.32 Å². The Morgan fingerprint density at radius 1 is 1.40 bits per heavy atom. The molecule has 0 bridgehead atoms. The number of aromatic nitrogens is 1. The average molecular weight is 405 g/mol. The van der Waals surface area contributed by atoms with Crippen LogP contribution in [0.4, 0.5) is 0 Å². The smallest absolute Gasteiger partial charge is 0.257 e. The van der Waals surface area contributed by atoms with Gasteiger partial charge in [0.25, 0.3) is 5.91 Å². The van der Waals surface area contributed by atoms with E-state index in [2.05, 4.69) is 15.8 Å². The van der Waals surface area contributed by atoms with Gasteiger partial charge in [-0.1, -0.05) is 34.4 Å². The van der Waals surface area contributed by atoms with Crippen molar-refractivity contribution >= 4 is 41.5 Å². The standard InChI is InChI=1S/C17H19Cl2N3O2.ClH/c1-10-14(17(23)21-9-11-4-3-7-20-8-11)16(22-24-10)15-12(18)5-2-6-13(15)19;/h2,5-6,11,20H,3-4,7-9H2,1H3,(H,21,23);1H. The van der Waals surface area contributed by atoms with Crippen LogP contribution in [-0.4, -0.2) is 30.7 Å². The van der Waals surface area contributed by atoms with Crippen LogP contribution in [0, 0.1) is 12.8 Å². The number of amides is 1. The number of piperidine rings is 1. The second-order valence-corrected chi connectivity index (χ2v) is 6.80. The summed E-state index contributed by atoms with van der Waals surface area (Å²) in [5, 5.41) is 11.2. The van der Waals surface area contributed by atoms with Crippen LogP contribution in [-0.2, 0) is 0 Å². The second kappa shape index (κ2) is 8.90. The van der Waals surface area contributed by atoms with E-state index in [4.69, 9.17) is 27.7 Å². The molecule has 136 valence electrons. The van der Waals surface area contributed by atoms with Crippen molar-refractivity contribution in [2.45, 2.75) is 19.8 Å². The highest BCUT2D eigenvalue weighted by Gasteiger charge is 2.25. The molecular formula is C17H20Cl3N3O2. The van der Waals surface area contributed by atoms with E-state index in [1.54, 1.807) is 25.1 Å². The first-order valence-corrected chi connectivity index (χ1v) is 8.73. The normalized spacial score (nSPS) is 17.0. The van der Waals surface area contributed by atoms with Gasteiger partial charge in [-0.15, -0.1) is 12.4 Å². The molecular weight excluding hydrogens is 385 g/mol. The average Bonchev–Trinajstić information content (AvgIpc) is 2.95. The molecule has 0 aliphatic carbocycles. The van der Waals surface area contributed by atoms with Gasteiger partial charge >= 0.3 is 0 Å². The fraction of sp³-hybridized carbons (Fsp3) is 0.412. The topological polar surface area (TPSA) is 67.2 Å². The summed E-state index contributed by atoms with van der Waals surface area (Å²) in [6.07, 6.45) is 2.24. The molecule has 1 amide bonds. The number of nitrogens with zero attached hydrogens (tertiary/aromatic N) is 1. The van der Waals surface area contributed by atoms with Crippen LogP contribution in [0.1, 0.15) is 29.0 Å². The lowest BCUT2D eigenvalue weighted by Crippen LogP contribution is -2.38. The maximum atomic E-state index is 12.7. The number of carbonyl (C=O) groups excluding carboxylic acids is 1. The summed E-state index contributed by atoms with van der Waals surface area (Å²) < 4.78 is 5.23. The van der Waals surface area contributed by atoms with E-state index >= 15 is 0 Å². The zero-order valence-electron chi connectivity index (χ0n) is 13.8. The first-order chi connectivity index (χ1) is 11.6. The van der Waals surface area contributed by atoms with Crippen molar-refractivity contribution in [3.8, 4) is 11.3 Å². The van der Waals surface area contributed by atoms with Gasteiger partial charge in [0.05, 0.1) is 10.0 Å². The summed E-state index contributed by atoms with van der Waals surface area (Å²) in [7, 11) is 0. The lowest BCUT2D eigenvalue weighted by Gasteiger charge is -2.22. The number of aryl methyl sites for hydroxylation is 1. The Hall–Kier alpha value is -1.27. The summed E-state index contributed by atoms with van der Waals surface area (Å²) >= 11 is 12.5. The van der Waals surface area contributed by atoms with Crippen LogP contribution in [0.5, 0.6) is 0 Å². The summed E-state index contributed by atoms with van der Waals surface area (Å²) in [5.74, 6) is 0.667. The molecule has 8 heteroatoms. The SMILES string of the molecule is Cc1onc(-c2c(Cl)cccc2Cl)c1C(=O)NCC1CCCNC1.Cl. The van der Waals surface area contributed by atoms with Gasteiger partial charge in [-0.05, 0) is 50.9 Å². The molecule has 2 aromatic rings. The third kappa shape index (κ3) is 4.47. The van der Waals surface area contributed by atoms with Gasteiger partial charge in [-0.3, -0.25) is 4.79 Å². The molecule has 1 atom stereocenters. The van der Waals surface area contributed by atoms with Crippen LogP contribution in [0.15, 0.2) is 22.7 Å². The Kier molecular flexibility index (Phi) is 7.14. The largest absolute Gasteiger partial charge is 0.360 e. The maximum Gasteiger partial charge on any atom is 0.257 e. The van der Waals surface area contributed by atoms with Gasteiger partial charge in [0.15, 0.2) is 0 Å². The molecule has 1 aliphatic heterocycles. The third-order valence-electron chi connectivity index (χ3n) is 4.24. The molecule has 1 fully saturated rings. The van der Waals surface area contributed by atoms with Gasteiger partial charge < -0.3 is 15.2 Å². The Labute approximate surface area is 162 Å². The first-order valence-electron chi connectivity index (χ1n) is 7.97. The number of rotatable bonds is 4. The molecule has 5 nitrogen and oxygen atoms in total. The molecule has 1 aromatic carbocycles. The first kappa shape index (κ1) is 20.0. The molecule has 2 N–H and O–H groups in total. The van der Waals surface area contributed by atoms with Crippen molar-refractivity contribution in [1.82, 2.24) is 15.8 Å². The molecule has 1 aromatic heterocycles. The van der Waals surface area contributed by atoms with E-state index in [-0.39, 0.29) is 18.3 Å². The lowest BCUT2D eigenvalue weighted by molar-refractivity contribution is 0.0944. The monoisotopic (exact) mass is 403 g/mol. The minimum absolute atomic E-state index is 0. The van der Waals surface area contributed by atoms with Crippen LogP contribution in [0.3, 0.4) is 0 Å².